The first-order chi connectivity index (χ1) is 10.5. The molecule has 1 heterocycles. The summed E-state index contributed by atoms with van der Waals surface area (Å²) in [5, 5.41) is 0. The second-order valence-corrected chi connectivity index (χ2v) is 6.29. The lowest BCUT2D eigenvalue weighted by Crippen LogP contribution is -2.26. The summed E-state index contributed by atoms with van der Waals surface area (Å²) in [6, 6.07) is 4.43. The molecule has 0 bridgehead atoms. The molecule has 8 heteroatoms. The van der Waals surface area contributed by atoms with Crippen molar-refractivity contribution < 1.29 is 22.3 Å². The highest BCUT2D eigenvalue weighted by Crippen LogP contribution is 2.29. The van der Waals surface area contributed by atoms with Crippen LogP contribution in [0.3, 0.4) is 0 Å². The third kappa shape index (κ3) is 3.77. The van der Waals surface area contributed by atoms with E-state index in [-0.39, 0.29) is 11.4 Å². The van der Waals surface area contributed by atoms with Gasteiger partial charge in [0.05, 0.1) is 24.8 Å². The van der Waals surface area contributed by atoms with E-state index in [0.29, 0.717) is 29.5 Å². The smallest absolute Gasteiger partial charge is 0.240 e. The average molecular weight is 326 g/mol. The lowest BCUT2D eigenvalue weighted by atomic mass is 10.3. The van der Waals surface area contributed by atoms with Gasteiger partial charge in [-0.3, -0.25) is 0 Å². The number of aryl methyl sites for hydroxylation is 1. The van der Waals surface area contributed by atoms with E-state index in [9.17, 15) is 8.42 Å². The van der Waals surface area contributed by atoms with Crippen LogP contribution >= 0.6 is 0 Å². The highest BCUT2D eigenvalue weighted by Gasteiger charge is 2.16. The Labute approximate surface area is 129 Å². The monoisotopic (exact) mass is 326 g/mol. The van der Waals surface area contributed by atoms with Crippen LogP contribution in [0.15, 0.2) is 33.8 Å². The van der Waals surface area contributed by atoms with Crippen LogP contribution in [-0.2, 0) is 16.4 Å². The van der Waals surface area contributed by atoms with Gasteiger partial charge in [-0.1, -0.05) is 0 Å². The van der Waals surface area contributed by atoms with Crippen molar-refractivity contribution in [1.82, 2.24) is 9.71 Å². The van der Waals surface area contributed by atoms with Crippen molar-refractivity contribution in [1.29, 1.82) is 0 Å². The molecule has 2 aromatic rings. The van der Waals surface area contributed by atoms with Crippen molar-refractivity contribution in [2.24, 2.45) is 0 Å². The molecule has 0 fully saturated rings. The van der Waals surface area contributed by atoms with Crippen LogP contribution in [0.5, 0.6) is 11.5 Å². The molecule has 1 aromatic carbocycles. The number of ether oxygens (including phenoxy) is 2. The van der Waals surface area contributed by atoms with Gasteiger partial charge in [0.2, 0.25) is 10.0 Å². The number of hydrogen-bond donors (Lipinski definition) is 1. The van der Waals surface area contributed by atoms with Crippen LogP contribution in [0.4, 0.5) is 0 Å². The van der Waals surface area contributed by atoms with E-state index >= 15 is 0 Å². The minimum Gasteiger partial charge on any atom is -0.493 e. The van der Waals surface area contributed by atoms with Gasteiger partial charge < -0.3 is 13.9 Å². The molecule has 0 unspecified atom stereocenters. The maximum absolute atomic E-state index is 12.2. The Kier molecular flexibility index (Phi) is 5.04. The van der Waals surface area contributed by atoms with Crippen molar-refractivity contribution >= 4 is 10.0 Å². The lowest BCUT2D eigenvalue weighted by molar-refractivity contribution is 0.354. The fraction of sp³-hybridized carbons (Fsp3) is 0.357. The van der Waals surface area contributed by atoms with Gasteiger partial charge in [0, 0.05) is 26.0 Å². The molecule has 0 saturated carbocycles. The normalized spacial score (nSPS) is 11.4. The first-order valence-corrected chi connectivity index (χ1v) is 8.07. The molecule has 1 N–H and O–H groups in total. The fourth-order valence-electron chi connectivity index (χ4n) is 1.90. The van der Waals surface area contributed by atoms with Crippen molar-refractivity contribution in [3.63, 3.8) is 0 Å². The molecule has 0 aliphatic rings. The minimum atomic E-state index is -3.63. The molecule has 0 aliphatic carbocycles. The molecule has 22 heavy (non-hydrogen) atoms. The summed E-state index contributed by atoms with van der Waals surface area (Å²) in [5.41, 5.74) is 0.701. The minimum absolute atomic E-state index is 0.112. The van der Waals surface area contributed by atoms with E-state index in [1.807, 2.05) is 0 Å². The van der Waals surface area contributed by atoms with Crippen molar-refractivity contribution in [2.45, 2.75) is 18.2 Å². The van der Waals surface area contributed by atoms with Gasteiger partial charge >= 0.3 is 0 Å². The van der Waals surface area contributed by atoms with Gasteiger partial charge in [0.25, 0.3) is 0 Å². The number of oxazole rings is 1. The van der Waals surface area contributed by atoms with Gasteiger partial charge in [-0.05, 0) is 12.1 Å². The van der Waals surface area contributed by atoms with E-state index in [1.165, 1.54) is 32.6 Å². The molecule has 120 valence electrons. The number of methoxy groups -OCH3 is 2. The van der Waals surface area contributed by atoms with E-state index in [0.717, 1.165) is 0 Å². The molecular formula is C14H18N2O5S. The summed E-state index contributed by atoms with van der Waals surface area (Å²) in [6.45, 7) is 1.96. The molecule has 1 aromatic heterocycles. The molecule has 7 nitrogen and oxygen atoms in total. The first-order valence-electron chi connectivity index (χ1n) is 6.59. The molecule has 2 rings (SSSR count). The summed E-state index contributed by atoms with van der Waals surface area (Å²) < 4.78 is 42.3. The van der Waals surface area contributed by atoms with E-state index in [2.05, 4.69) is 9.71 Å². The van der Waals surface area contributed by atoms with Gasteiger partial charge in [0.1, 0.15) is 6.26 Å². The van der Waals surface area contributed by atoms with Crippen molar-refractivity contribution in [3.8, 4) is 11.5 Å². The van der Waals surface area contributed by atoms with E-state index in [4.69, 9.17) is 13.9 Å². The SMILES string of the molecule is COc1ccc(S(=O)(=O)NCCc2coc(C)n2)cc1OC. The number of nitrogens with zero attached hydrogens (tertiary/aromatic N) is 1. The molecule has 0 amide bonds. The highest BCUT2D eigenvalue weighted by molar-refractivity contribution is 7.89. The summed E-state index contributed by atoms with van der Waals surface area (Å²) in [4.78, 5) is 4.23. The molecule has 0 saturated heterocycles. The van der Waals surface area contributed by atoms with Crippen LogP contribution in [0.2, 0.25) is 0 Å². The second kappa shape index (κ2) is 6.80. The topological polar surface area (TPSA) is 90.7 Å². The summed E-state index contributed by atoms with van der Waals surface area (Å²) >= 11 is 0. The lowest BCUT2D eigenvalue weighted by Gasteiger charge is -2.10. The first kappa shape index (κ1) is 16.3. The Bertz CT molecular complexity index is 739. The Morgan fingerprint density at radius 3 is 2.55 bits per heavy atom. The third-order valence-electron chi connectivity index (χ3n) is 3.01. The van der Waals surface area contributed by atoms with Crippen LogP contribution in [-0.4, -0.2) is 34.2 Å². The molecule has 0 atom stereocenters. The zero-order valence-electron chi connectivity index (χ0n) is 12.6. The van der Waals surface area contributed by atoms with Crippen LogP contribution in [0.1, 0.15) is 11.6 Å². The number of benzene rings is 1. The number of nitrogens with one attached hydrogen (secondary N) is 1. The maximum atomic E-state index is 12.2. The van der Waals surface area contributed by atoms with Crippen molar-refractivity contribution in [3.05, 3.63) is 36.0 Å². The van der Waals surface area contributed by atoms with Gasteiger partial charge in [-0.2, -0.15) is 0 Å². The predicted octanol–water partition coefficient (Wildman–Crippen LogP) is 1.52. The zero-order valence-corrected chi connectivity index (χ0v) is 13.4. The third-order valence-corrected chi connectivity index (χ3v) is 4.46. The van der Waals surface area contributed by atoms with Crippen LogP contribution < -0.4 is 14.2 Å². The number of hydrogen-bond acceptors (Lipinski definition) is 6. The molecule has 0 aliphatic heterocycles. The van der Waals surface area contributed by atoms with E-state index < -0.39 is 10.0 Å². The molecule has 0 spiro atoms. The predicted molar refractivity (Wildman–Crippen MR) is 79.7 cm³/mol. The Morgan fingerprint density at radius 2 is 1.95 bits per heavy atom. The van der Waals surface area contributed by atoms with E-state index in [1.54, 1.807) is 13.0 Å². The van der Waals surface area contributed by atoms with Crippen LogP contribution in [0, 0.1) is 6.92 Å². The Balaban J connectivity index is 2.06. The standard InChI is InChI=1S/C14H18N2O5S/c1-10-16-11(9-21-10)6-7-15-22(17,18)12-4-5-13(19-2)14(8-12)20-3/h4-5,8-9,15H,6-7H2,1-3H3. The Morgan fingerprint density at radius 1 is 1.23 bits per heavy atom. The fourth-order valence-corrected chi connectivity index (χ4v) is 2.95. The van der Waals surface area contributed by atoms with Gasteiger partial charge in [-0.25, -0.2) is 18.1 Å². The summed E-state index contributed by atoms with van der Waals surface area (Å²) in [7, 11) is -0.682. The average Bonchev–Trinajstić information content (AvgIpc) is 2.91. The molecular weight excluding hydrogens is 308 g/mol. The summed E-state index contributed by atoms with van der Waals surface area (Å²) in [6.07, 6.45) is 1.96. The largest absolute Gasteiger partial charge is 0.493 e. The molecule has 0 radical (unpaired) electrons. The maximum Gasteiger partial charge on any atom is 0.240 e. The number of rotatable bonds is 7. The number of aromatic nitrogens is 1. The van der Waals surface area contributed by atoms with Crippen molar-refractivity contribution in [2.75, 3.05) is 20.8 Å². The second-order valence-electron chi connectivity index (χ2n) is 4.52. The number of sulfonamides is 1. The van der Waals surface area contributed by atoms with Crippen LogP contribution in [0.25, 0.3) is 0 Å². The highest BCUT2D eigenvalue weighted by atomic mass is 32.2. The Hall–Kier alpha value is -2.06. The zero-order chi connectivity index (χ0) is 16.2. The summed E-state index contributed by atoms with van der Waals surface area (Å²) in [5.74, 6) is 1.38. The quantitative estimate of drug-likeness (QED) is 0.829. The van der Waals surface area contributed by atoms with Gasteiger partial charge in [-0.15, -0.1) is 0 Å². The van der Waals surface area contributed by atoms with Gasteiger partial charge in [0.15, 0.2) is 17.4 Å².